The maximum atomic E-state index is 12.2. The number of hydrogen-bond donors (Lipinski definition) is 2. The summed E-state index contributed by atoms with van der Waals surface area (Å²) in [6.07, 6.45) is -0.703. The van der Waals surface area contributed by atoms with Crippen LogP contribution in [0.2, 0.25) is 0 Å². The third-order valence-electron chi connectivity index (χ3n) is 2.45. The maximum Gasteiger partial charge on any atom is 0.526 e. The molecule has 0 amide bonds. The number of aromatic nitrogens is 2. The molecule has 0 fully saturated rings. The fraction of sp³-hybridized carbons (Fsp3) is 0.333. The van der Waals surface area contributed by atoms with Crippen LogP contribution in [0.15, 0.2) is 22.7 Å². The van der Waals surface area contributed by atoms with Gasteiger partial charge in [0, 0.05) is 4.47 Å². The van der Waals surface area contributed by atoms with E-state index in [1.54, 1.807) is 39.0 Å². The smallest absolute Gasteiger partial charge is 0.443 e. The van der Waals surface area contributed by atoms with Gasteiger partial charge in [0.15, 0.2) is 0 Å². The minimum Gasteiger partial charge on any atom is -0.443 e. The van der Waals surface area contributed by atoms with Gasteiger partial charge in [-0.3, -0.25) is 0 Å². The number of rotatable bonds is 1. The Hall–Kier alpha value is -1.38. The van der Waals surface area contributed by atoms with E-state index in [4.69, 9.17) is 4.74 Å². The number of fused-ring (bicyclic) bond motifs is 1. The van der Waals surface area contributed by atoms with Gasteiger partial charge in [-0.05, 0) is 39.0 Å². The van der Waals surface area contributed by atoms with Gasteiger partial charge in [0.25, 0.3) is 0 Å². The number of hydrogen-bond acceptors (Lipinski definition) is 5. The molecular formula is C12H14BBrN2O4. The van der Waals surface area contributed by atoms with Crippen molar-refractivity contribution in [2.24, 2.45) is 0 Å². The van der Waals surface area contributed by atoms with E-state index in [1.165, 1.54) is 0 Å². The van der Waals surface area contributed by atoms with Crippen LogP contribution in [-0.2, 0) is 4.74 Å². The van der Waals surface area contributed by atoms with Gasteiger partial charge in [-0.15, -0.1) is 0 Å². The highest BCUT2D eigenvalue weighted by molar-refractivity contribution is 9.10. The van der Waals surface area contributed by atoms with Crippen LogP contribution in [0.3, 0.4) is 0 Å². The first kappa shape index (κ1) is 15.0. The molecule has 1 heterocycles. The molecule has 0 aliphatic heterocycles. The monoisotopic (exact) mass is 340 g/mol. The second-order valence-electron chi connectivity index (χ2n) is 5.29. The third-order valence-corrected chi connectivity index (χ3v) is 2.94. The van der Waals surface area contributed by atoms with Crippen LogP contribution in [0.25, 0.3) is 11.0 Å². The zero-order chi connectivity index (χ0) is 15.1. The van der Waals surface area contributed by atoms with E-state index in [9.17, 15) is 14.8 Å². The highest BCUT2D eigenvalue weighted by Gasteiger charge is 2.28. The van der Waals surface area contributed by atoms with Crippen molar-refractivity contribution < 1.29 is 19.6 Å². The summed E-state index contributed by atoms with van der Waals surface area (Å²) in [7, 11) is -1.87. The molecule has 0 atom stereocenters. The first-order valence-electron chi connectivity index (χ1n) is 5.96. The number of ether oxygens (including phenoxy) is 1. The fourth-order valence-electron chi connectivity index (χ4n) is 1.74. The van der Waals surface area contributed by atoms with Crippen LogP contribution in [0, 0.1) is 0 Å². The highest BCUT2D eigenvalue weighted by Crippen LogP contribution is 2.19. The normalized spacial score (nSPS) is 11.7. The molecule has 0 saturated heterocycles. The van der Waals surface area contributed by atoms with Crippen LogP contribution < -0.4 is 5.72 Å². The van der Waals surface area contributed by atoms with E-state index >= 15 is 0 Å². The number of carbonyl (C=O) groups excluding carboxylic acids is 1. The van der Waals surface area contributed by atoms with Crippen molar-refractivity contribution in [3.63, 3.8) is 0 Å². The molecule has 0 saturated carbocycles. The van der Waals surface area contributed by atoms with Gasteiger partial charge in [-0.1, -0.05) is 15.9 Å². The molecule has 0 bridgehead atoms. The SMILES string of the molecule is CC(C)(C)OC(=O)n1c(B(O)O)nc2cc(Br)ccc21. The average molecular weight is 341 g/mol. The Morgan fingerprint density at radius 3 is 2.60 bits per heavy atom. The quantitative estimate of drug-likeness (QED) is 0.763. The molecule has 8 heteroatoms. The van der Waals surface area contributed by atoms with Crippen molar-refractivity contribution in [3.8, 4) is 0 Å². The van der Waals surface area contributed by atoms with E-state index in [2.05, 4.69) is 20.9 Å². The van der Waals surface area contributed by atoms with Crippen LogP contribution >= 0.6 is 15.9 Å². The molecule has 2 aromatic rings. The average Bonchev–Trinajstić information content (AvgIpc) is 2.64. The van der Waals surface area contributed by atoms with E-state index in [0.29, 0.717) is 11.0 Å². The van der Waals surface area contributed by atoms with Crippen LogP contribution in [0.1, 0.15) is 20.8 Å². The first-order valence-corrected chi connectivity index (χ1v) is 6.76. The lowest BCUT2D eigenvalue weighted by Crippen LogP contribution is -2.42. The Labute approximate surface area is 124 Å². The predicted octanol–water partition coefficient (Wildman–Crippen LogP) is 1.26. The Morgan fingerprint density at radius 2 is 2.05 bits per heavy atom. The second-order valence-corrected chi connectivity index (χ2v) is 6.21. The van der Waals surface area contributed by atoms with Gasteiger partial charge in [0.2, 0.25) is 0 Å². The van der Waals surface area contributed by atoms with Gasteiger partial charge in [-0.25, -0.2) is 14.3 Å². The molecule has 1 aromatic heterocycles. The summed E-state index contributed by atoms with van der Waals surface area (Å²) in [5, 5.41) is 18.7. The molecule has 0 aliphatic carbocycles. The Morgan fingerprint density at radius 1 is 1.40 bits per heavy atom. The molecule has 6 nitrogen and oxygen atoms in total. The van der Waals surface area contributed by atoms with Crippen molar-refractivity contribution in [2.45, 2.75) is 26.4 Å². The Balaban J connectivity index is 2.60. The zero-order valence-corrected chi connectivity index (χ0v) is 12.9. The fourth-order valence-corrected chi connectivity index (χ4v) is 2.09. The second kappa shape index (κ2) is 5.19. The van der Waals surface area contributed by atoms with Gasteiger partial charge in [-0.2, -0.15) is 0 Å². The van der Waals surface area contributed by atoms with E-state index in [1.807, 2.05) is 0 Å². The van der Waals surface area contributed by atoms with E-state index in [0.717, 1.165) is 9.04 Å². The van der Waals surface area contributed by atoms with Gasteiger partial charge >= 0.3 is 13.2 Å². The van der Waals surface area contributed by atoms with Crippen molar-refractivity contribution in [1.29, 1.82) is 0 Å². The lowest BCUT2D eigenvalue weighted by Gasteiger charge is -2.20. The van der Waals surface area contributed by atoms with Gasteiger partial charge in [0.1, 0.15) is 11.3 Å². The van der Waals surface area contributed by atoms with E-state index < -0.39 is 18.8 Å². The predicted molar refractivity (Wildman–Crippen MR) is 78.9 cm³/mol. The molecule has 2 rings (SSSR count). The summed E-state index contributed by atoms with van der Waals surface area (Å²) in [6.45, 7) is 5.20. The lowest BCUT2D eigenvalue weighted by molar-refractivity contribution is 0.0547. The summed E-state index contributed by atoms with van der Waals surface area (Å²) in [5.41, 5.74) is 0.0482. The van der Waals surface area contributed by atoms with Crippen molar-refractivity contribution in [2.75, 3.05) is 0 Å². The minimum absolute atomic E-state index is 0.174. The topological polar surface area (TPSA) is 84.6 Å². The maximum absolute atomic E-state index is 12.2. The third kappa shape index (κ3) is 3.03. The van der Waals surface area contributed by atoms with Crippen molar-refractivity contribution in [3.05, 3.63) is 22.7 Å². The number of nitrogens with zero attached hydrogens (tertiary/aromatic N) is 2. The molecule has 0 radical (unpaired) electrons. The van der Waals surface area contributed by atoms with Crippen molar-refractivity contribution in [1.82, 2.24) is 9.55 Å². The molecule has 2 N–H and O–H groups in total. The number of carbonyl (C=O) groups is 1. The summed E-state index contributed by atoms with van der Waals surface area (Å²) in [4.78, 5) is 16.3. The molecule has 106 valence electrons. The first-order chi connectivity index (χ1) is 9.19. The van der Waals surface area contributed by atoms with Crippen LogP contribution in [0.4, 0.5) is 4.79 Å². The summed E-state index contributed by atoms with van der Waals surface area (Å²) < 4.78 is 7.10. The zero-order valence-electron chi connectivity index (χ0n) is 11.3. The van der Waals surface area contributed by atoms with Gasteiger partial charge in [0.05, 0.1) is 11.0 Å². The molecule has 0 unspecified atom stereocenters. The lowest BCUT2D eigenvalue weighted by atomic mass is 9.91. The highest BCUT2D eigenvalue weighted by atomic mass is 79.9. The van der Waals surface area contributed by atoms with Crippen molar-refractivity contribution >= 4 is 45.9 Å². The summed E-state index contributed by atoms with van der Waals surface area (Å²) in [6, 6.07) is 5.07. The number of imidazole rings is 1. The molecule has 0 aliphatic rings. The standard InChI is InChI=1S/C12H14BBrN2O4/c1-12(2,3)20-11(17)16-9-5-4-7(14)6-8(9)15-10(16)13(18)19/h4-6,18-19H,1-3H3. The Bertz CT molecular complexity index is 663. The number of halogens is 1. The summed E-state index contributed by atoms with van der Waals surface area (Å²) in [5.74, 6) is 0. The largest absolute Gasteiger partial charge is 0.526 e. The van der Waals surface area contributed by atoms with Gasteiger partial charge < -0.3 is 14.8 Å². The molecule has 0 spiro atoms. The molecule has 1 aromatic carbocycles. The van der Waals surface area contributed by atoms with E-state index in [-0.39, 0.29) is 5.72 Å². The van der Waals surface area contributed by atoms with Crippen LogP contribution in [-0.4, -0.2) is 38.4 Å². The number of benzene rings is 1. The molecular weight excluding hydrogens is 327 g/mol. The molecule has 20 heavy (non-hydrogen) atoms. The minimum atomic E-state index is -1.87. The Kier molecular flexibility index (Phi) is 3.90. The summed E-state index contributed by atoms with van der Waals surface area (Å²) >= 11 is 3.30. The van der Waals surface area contributed by atoms with Crippen LogP contribution in [0.5, 0.6) is 0 Å².